The second kappa shape index (κ2) is 6.50. The van der Waals surface area contributed by atoms with Crippen LogP contribution in [0.5, 0.6) is 5.75 Å². The van der Waals surface area contributed by atoms with E-state index in [9.17, 15) is 4.39 Å². The highest BCUT2D eigenvalue weighted by atomic mass is 19.1. The Morgan fingerprint density at radius 2 is 1.95 bits per heavy atom. The van der Waals surface area contributed by atoms with Crippen LogP contribution < -0.4 is 16.0 Å². The topological polar surface area (TPSA) is 47.3 Å². The van der Waals surface area contributed by atoms with Crippen LogP contribution in [0.4, 0.5) is 4.39 Å². The van der Waals surface area contributed by atoms with Crippen molar-refractivity contribution in [2.75, 3.05) is 6.61 Å². The fourth-order valence-electron chi connectivity index (χ4n) is 2.12. The Morgan fingerprint density at radius 3 is 2.60 bits per heavy atom. The van der Waals surface area contributed by atoms with Crippen LogP contribution in [0.2, 0.25) is 0 Å². The van der Waals surface area contributed by atoms with E-state index in [-0.39, 0.29) is 11.9 Å². The molecule has 0 saturated heterocycles. The van der Waals surface area contributed by atoms with Crippen LogP contribution in [0.25, 0.3) is 0 Å². The van der Waals surface area contributed by atoms with E-state index in [0.717, 1.165) is 16.9 Å². The fraction of sp³-hybridized carbons (Fsp3) is 0.250. The monoisotopic (exact) mass is 274 g/mol. The van der Waals surface area contributed by atoms with Gasteiger partial charge in [0.15, 0.2) is 0 Å². The van der Waals surface area contributed by atoms with E-state index in [1.54, 1.807) is 13.0 Å². The maximum Gasteiger partial charge on any atom is 0.126 e. The molecule has 0 radical (unpaired) electrons. The van der Waals surface area contributed by atoms with Crippen LogP contribution in [-0.2, 0) is 0 Å². The molecule has 0 heterocycles. The minimum Gasteiger partial charge on any atom is -0.494 e. The van der Waals surface area contributed by atoms with Gasteiger partial charge in [-0.05, 0) is 48.7 Å². The summed E-state index contributed by atoms with van der Waals surface area (Å²) in [6.45, 7) is 4.27. The molecule has 0 bridgehead atoms. The number of hydrogen-bond acceptors (Lipinski definition) is 3. The smallest absolute Gasteiger partial charge is 0.126 e. The van der Waals surface area contributed by atoms with Crippen molar-refractivity contribution < 1.29 is 9.13 Å². The fourth-order valence-corrected chi connectivity index (χ4v) is 2.12. The predicted octanol–water partition coefficient (Wildman–Crippen LogP) is 3.09. The number of nitrogens with two attached hydrogens (primary N) is 1. The lowest BCUT2D eigenvalue weighted by Gasteiger charge is -2.18. The van der Waals surface area contributed by atoms with E-state index < -0.39 is 0 Å². The molecule has 106 valence electrons. The molecule has 3 N–H and O–H groups in total. The zero-order valence-corrected chi connectivity index (χ0v) is 11.7. The van der Waals surface area contributed by atoms with Gasteiger partial charge in [-0.15, -0.1) is 0 Å². The Morgan fingerprint density at radius 1 is 1.20 bits per heavy atom. The van der Waals surface area contributed by atoms with Crippen molar-refractivity contribution in [1.29, 1.82) is 0 Å². The van der Waals surface area contributed by atoms with Crippen molar-refractivity contribution in [2.24, 2.45) is 5.84 Å². The molecule has 2 rings (SSSR count). The van der Waals surface area contributed by atoms with E-state index in [0.29, 0.717) is 12.2 Å². The van der Waals surface area contributed by atoms with Crippen LogP contribution in [0.15, 0.2) is 42.5 Å². The highest BCUT2D eigenvalue weighted by Gasteiger charge is 2.14. The number of nitrogens with one attached hydrogen (secondary N) is 1. The first kappa shape index (κ1) is 14.5. The van der Waals surface area contributed by atoms with Crippen LogP contribution in [0.3, 0.4) is 0 Å². The summed E-state index contributed by atoms with van der Waals surface area (Å²) in [4.78, 5) is 0. The first-order valence-corrected chi connectivity index (χ1v) is 6.60. The molecule has 1 unspecified atom stereocenters. The van der Waals surface area contributed by atoms with E-state index in [4.69, 9.17) is 10.6 Å². The maximum absolute atomic E-state index is 13.7. The van der Waals surface area contributed by atoms with Gasteiger partial charge in [0.2, 0.25) is 0 Å². The second-order valence-electron chi connectivity index (χ2n) is 4.61. The predicted molar refractivity (Wildman–Crippen MR) is 77.9 cm³/mol. The third-order valence-corrected chi connectivity index (χ3v) is 3.20. The number of hydrogen-bond donors (Lipinski definition) is 2. The van der Waals surface area contributed by atoms with Crippen molar-refractivity contribution in [3.05, 3.63) is 65.0 Å². The zero-order valence-electron chi connectivity index (χ0n) is 11.7. The molecular weight excluding hydrogens is 255 g/mol. The number of rotatable bonds is 5. The molecule has 0 saturated carbocycles. The normalized spacial score (nSPS) is 12.2. The quantitative estimate of drug-likeness (QED) is 0.650. The molecule has 0 aliphatic rings. The number of ether oxygens (including phenoxy) is 1. The summed E-state index contributed by atoms with van der Waals surface area (Å²) in [7, 11) is 0. The SMILES string of the molecule is CCOc1cccc(C(NN)c2ccc(C)c(F)c2)c1. The van der Waals surface area contributed by atoms with Gasteiger partial charge in [-0.25, -0.2) is 9.82 Å². The van der Waals surface area contributed by atoms with Crippen LogP contribution in [0.1, 0.15) is 29.7 Å². The van der Waals surface area contributed by atoms with Gasteiger partial charge in [-0.3, -0.25) is 5.84 Å². The summed E-state index contributed by atoms with van der Waals surface area (Å²) in [6.07, 6.45) is 0. The average molecular weight is 274 g/mol. The van der Waals surface area contributed by atoms with Crippen molar-refractivity contribution in [1.82, 2.24) is 5.43 Å². The first-order chi connectivity index (χ1) is 9.65. The van der Waals surface area contributed by atoms with Gasteiger partial charge in [0.1, 0.15) is 11.6 Å². The molecule has 3 nitrogen and oxygen atoms in total. The van der Waals surface area contributed by atoms with Crippen molar-refractivity contribution in [3.8, 4) is 5.75 Å². The summed E-state index contributed by atoms with van der Waals surface area (Å²) < 4.78 is 19.2. The van der Waals surface area contributed by atoms with Gasteiger partial charge in [-0.1, -0.05) is 24.3 Å². The summed E-state index contributed by atoms with van der Waals surface area (Å²) >= 11 is 0. The Kier molecular flexibility index (Phi) is 4.71. The van der Waals surface area contributed by atoms with Crippen LogP contribution in [-0.4, -0.2) is 6.61 Å². The lowest BCUT2D eigenvalue weighted by atomic mass is 9.98. The second-order valence-corrected chi connectivity index (χ2v) is 4.61. The number of hydrazine groups is 1. The third kappa shape index (κ3) is 3.15. The molecule has 0 aromatic heterocycles. The van der Waals surface area contributed by atoms with Crippen molar-refractivity contribution in [2.45, 2.75) is 19.9 Å². The molecule has 2 aromatic carbocycles. The molecule has 0 aliphatic heterocycles. The van der Waals surface area contributed by atoms with Gasteiger partial charge >= 0.3 is 0 Å². The highest BCUT2D eigenvalue weighted by Crippen LogP contribution is 2.25. The summed E-state index contributed by atoms with van der Waals surface area (Å²) in [5, 5.41) is 0. The molecule has 2 aromatic rings. The van der Waals surface area contributed by atoms with Gasteiger partial charge in [0, 0.05) is 0 Å². The summed E-state index contributed by atoms with van der Waals surface area (Å²) in [6, 6.07) is 12.5. The minimum absolute atomic E-state index is 0.233. The lowest BCUT2D eigenvalue weighted by Crippen LogP contribution is -2.29. The molecule has 20 heavy (non-hydrogen) atoms. The summed E-state index contributed by atoms with van der Waals surface area (Å²) in [5.74, 6) is 6.18. The van der Waals surface area contributed by atoms with Gasteiger partial charge < -0.3 is 4.74 Å². The Hall–Kier alpha value is -1.91. The molecule has 0 spiro atoms. The van der Waals surface area contributed by atoms with Crippen LogP contribution >= 0.6 is 0 Å². The average Bonchev–Trinajstić information content (AvgIpc) is 2.44. The Labute approximate surface area is 118 Å². The van der Waals surface area contributed by atoms with Gasteiger partial charge in [-0.2, -0.15) is 0 Å². The van der Waals surface area contributed by atoms with Crippen molar-refractivity contribution in [3.63, 3.8) is 0 Å². The Balaban J connectivity index is 2.36. The lowest BCUT2D eigenvalue weighted by molar-refractivity contribution is 0.339. The van der Waals surface area contributed by atoms with E-state index in [1.807, 2.05) is 37.3 Å². The van der Waals surface area contributed by atoms with Crippen LogP contribution in [0, 0.1) is 12.7 Å². The molecule has 0 amide bonds. The van der Waals surface area contributed by atoms with Gasteiger partial charge in [0.25, 0.3) is 0 Å². The standard InChI is InChI=1S/C16H19FN2O/c1-3-20-14-6-4-5-12(9-14)16(19-18)13-8-7-11(2)15(17)10-13/h4-10,16,19H,3,18H2,1-2H3. The summed E-state index contributed by atoms with van der Waals surface area (Å²) in [5.41, 5.74) is 5.06. The molecule has 0 aliphatic carbocycles. The third-order valence-electron chi connectivity index (χ3n) is 3.20. The van der Waals surface area contributed by atoms with E-state index in [1.165, 1.54) is 6.07 Å². The minimum atomic E-state index is -0.273. The number of aryl methyl sites for hydroxylation is 1. The van der Waals surface area contributed by atoms with E-state index in [2.05, 4.69) is 5.43 Å². The maximum atomic E-state index is 13.7. The molecule has 4 heteroatoms. The first-order valence-electron chi connectivity index (χ1n) is 6.60. The highest BCUT2D eigenvalue weighted by molar-refractivity contribution is 5.37. The molecule has 0 fully saturated rings. The number of halogens is 1. The van der Waals surface area contributed by atoms with Gasteiger partial charge in [0.05, 0.1) is 12.6 Å². The zero-order chi connectivity index (χ0) is 14.5. The van der Waals surface area contributed by atoms with Crippen molar-refractivity contribution >= 4 is 0 Å². The van der Waals surface area contributed by atoms with E-state index >= 15 is 0 Å². The number of benzene rings is 2. The largest absolute Gasteiger partial charge is 0.494 e. The molecular formula is C16H19FN2O. The molecule has 1 atom stereocenters. The Bertz CT molecular complexity index is 586.